The molecule has 0 fully saturated rings. The molecule has 5 aromatic rings. The van der Waals surface area contributed by atoms with Crippen LogP contribution in [0.25, 0.3) is 32.6 Å². The number of phenols is 1. The largest absolute Gasteiger partial charge is 0.508 e. The van der Waals surface area contributed by atoms with Crippen LogP contribution in [0.3, 0.4) is 0 Å². The minimum Gasteiger partial charge on any atom is -0.508 e. The molecule has 10 N–H and O–H groups in total. The first-order valence-corrected chi connectivity index (χ1v) is 20.8. The molecule has 0 saturated carbocycles. The van der Waals surface area contributed by atoms with E-state index in [1.54, 1.807) is 29.7 Å². The Labute approximate surface area is 338 Å². The molecule has 0 aliphatic carbocycles. The van der Waals surface area contributed by atoms with Crippen LogP contribution in [0, 0.1) is 0 Å². The molecule has 12 nitrogen and oxygen atoms in total. The number of thiophene rings is 1. The summed E-state index contributed by atoms with van der Waals surface area (Å²) in [6.45, 7) is 4.10. The number of benzene rings is 3. The van der Waals surface area contributed by atoms with E-state index in [-0.39, 0.29) is 18.1 Å². The second kappa shape index (κ2) is 22.0. The summed E-state index contributed by atoms with van der Waals surface area (Å²) >= 11 is 1.33. The summed E-state index contributed by atoms with van der Waals surface area (Å²) in [5.41, 5.74) is 24.8. The molecule has 13 heteroatoms. The number of nitrogens with zero attached hydrogens (tertiary/aromatic N) is 3. The van der Waals surface area contributed by atoms with Gasteiger partial charge in [-0.2, -0.15) is 0 Å². The molecule has 2 amide bonds. The molecule has 5 rings (SSSR count). The van der Waals surface area contributed by atoms with E-state index in [4.69, 9.17) is 17.2 Å². The van der Waals surface area contributed by atoms with Gasteiger partial charge in [0.1, 0.15) is 11.5 Å². The number of hydroxylamine groups is 1. The molecule has 57 heavy (non-hydrogen) atoms. The van der Waals surface area contributed by atoms with E-state index in [2.05, 4.69) is 15.8 Å². The topological polar surface area (TPSA) is 205 Å². The first-order valence-electron chi connectivity index (χ1n) is 20.0. The summed E-state index contributed by atoms with van der Waals surface area (Å²) < 4.78 is 2.25. The van der Waals surface area contributed by atoms with Gasteiger partial charge in [-0.1, -0.05) is 67.2 Å². The van der Waals surface area contributed by atoms with Crippen LogP contribution in [0.5, 0.6) is 5.75 Å². The average Bonchev–Trinajstić information content (AvgIpc) is 3.81. The number of fused-ring (bicyclic) bond motifs is 1. The van der Waals surface area contributed by atoms with Gasteiger partial charge in [0.2, 0.25) is 5.91 Å². The SMILES string of the molecule is NCCCCCCN(CCCCCCN)C(=O)c1ccc(-c2cc3ccc(C(=NO)c4cc(CC(=O)NO)c(-c5cccc(O)c5)s4)cc3n2CCCCN)cc1. The lowest BCUT2D eigenvalue weighted by atomic mass is 10.0. The fourth-order valence-electron chi connectivity index (χ4n) is 7.21. The molecule has 3 aromatic carbocycles. The normalized spacial score (nSPS) is 11.7. The highest BCUT2D eigenvalue weighted by Gasteiger charge is 2.21. The molecule has 0 bridgehead atoms. The van der Waals surface area contributed by atoms with Gasteiger partial charge in [-0.15, -0.1) is 11.3 Å². The third kappa shape index (κ3) is 11.5. The highest BCUT2D eigenvalue weighted by atomic mass is 32.1. The summed E-state index contributed by atoms with van der Waals surface area (Å²) in [7, 11) is 0. The Kier molecular flexibility index (Phi) is 16.7. The number of rotatable bonds is 23. The molecule has 0 unspecified atom stereocenters. The first kappa shape index (κ1) is 43.1. The van der Waals surface area contributed by atoms with Gasteiger partial charge >= 0.3 is 0 Å². The summed E-state index contributed by atoms with van der Waals surface area (Å²) in [4.78, 5) is 29.4. The van der Waals surface area contributed by atoms with Crippen LogP contribution < -0.4 is 22.7 Å². The third-order valence-electron chi connectivity index (χ3n) is 10.2. The number of carbonyl (C=O) groups excluding carboxylic acids is 2. The lowest BCUT2D eigenvalue weighted by molar-refractivity contribution is -0.128. The van der Waals surface area contributed by atoms with E-state index in [9.17, 15) is 25.1 Å². The van der Waals surface area contributed by atoms with E-state index < -0.39 is 5.91 Å². The quantitative estimate of drug-likeness (QED) is 0.0118. The van der Waals surface area contributed by atoms with Crippen molar-refractivity contribution < 1.29 is 25.1 Å². The smallest absolute Gasteiger partial charge is 0.253 e. The van der Waals surface area contributed by atoms with Crippen molar-refractivity contribution in [1.29, 1.82) is 0 Å². The zero-order valence-electron chi connectivity index (χ0n) is 32.7. The molecule has 0 aliphatic rings. The van der Waals surface area contributed by atoms with Gasteiger partial charge in [-0.25, -0.2) is 5.48 Å². The Morgan fingerprint density at radius 1 is 0.737 bits per heavy atom. The number of nitrogens with one attached hydrogen (secondary N) is 1. The van der Waals surface area contributed by atoms with Gasteiger partial charge in [-0.3, -0.25) is 14.8 Å². The number of unbranched alkanes of at least 4 members (excludes halogenated alkanes) is 7. The Bertz CT molecular complexity index is 2080. The van der Waals surface area contributed by atoms with Crippen LogP contribution in [0.2, 0.25) is 0 Å². The monoisotopic (exact) mass is 795 g/mol. The number of oxime groups is 1. The van der Waals surface area contributed by atoms with Gasteiger partial charge in [0, 0.05) is 52.2 Å². The fourth-order valence-corrected chi connectivity index (χ4v) is 8.39. The van der Waals surface area contributed by atoms with Crippen molar-refractivity contribution >= 4 is 39.8 Å². The summed E-state index contributed by atoms with van der Waals surface area (Å²) in [5.74, 6) is -0.472. The Morgan fingerprint density at radius 3 is 2.02 bits per heavy atom. The number of hydrogen-bond donors (Lipinski definition) is 7. The summed E-state index contributed by atoms with van der Waals surface area (Å²) in [6, 6.07) is 24.4. The van der Waals surface area contributed by atoms with Crippen LogP contribution >= 0.6 is 11.3 Å². The van der Waals surface area contributed by atoms with E-state index in [1.165, 1.54) is 11.3 Å². The van der Waals surface area contributed by atoms with Gasteiger partial charge in [0.25, 0.3) is 5.91 Å². The predicted molar refractivity (Wildman–Crippen MR) is 229 cm³/mol. The number of aromatic nitrogens is 1. The standard InChI is InChI=1S/C44H57N7O5S/c45-20-5-1-3-8-23-50(24-9-4-2-6-21-46)44(54)32-16-14-31(15-17-32)38-27-33-18-19-34(28-39(33)51(38)25-10-7-22-47)42(49-56)40-29-36(30-41(53)48-55)43(57-40)35-12-11-13-37(52)26-35/h11-19,26-29,52,55-56H,1-10,20-25,30,45-47H2,(H,48,53). The second-order valence-electron chi connectivity index (χ2n) is 14.4. The lowest BCUT2D eigenvalue weighted by Gasteiger charge is -2.23. The zero-order chi connectivity index (χ0) is 40.6. The first-order chi connectivity index (χ1) is 27.8. The van der Waals surface area contributed by atoms with E-state index >= 15 is 0 Å². The van der Waals surface area contributed by atoms with Crippen LogP contribution in [0.4, 0.5) is 0 Å². The van der Waals surface area contributed by atoms with Crippen LogP contribution in [-0.4, -0.2) is 75.2 Å². The number of aryl methyl sites for hydroxylation is 1. The van der Waals surface area contributed by atoms with Crippen LogP contribution in [0.15, 0.2) is 84.0 Å². The van der Waals surface area contributed by atoms with Crippen molar-refractivity contribution in [2.45, 2.75) is 77.2 Å². The van der Waals surface area contributed by atoms with Gasteiger partial charge < -0.3 is 37.0 Å². The number of nitrogens with two attached hydrogens (primary N) is 3. The highest BCUT2D eigenvalue weighted by molar-refractivity contribution is 7.17. The molecular weight excluding hydrogens is 739 g/mol. The van der Waals surface area contributed by atoms with Crippen molar-refractivity contribution in [2.75, 3.05) is 32.7 Å². The zero-order valence-corrected chi connectivity index (χ0v) is 33.5. The molecular formula is C44H57N7O5S. The van der Waals surface area contributed by atoms with Crippen molar-refractivity contribution in [3.8, 4) is 27.4 Å². The molecule has 304 valence electrons. The van der Waals surface area contributed by atoms with Crippen molar-refractivity contribution in [1.82, 2.24) is 14.9 Å². The van der Waals surface area contributed by atoms with Gasteiger partial charge in [0.15, 0.2) is 0 Å². The highest BCUT2D eigenvalue weighted by Crippen LogP contribution is 2.37. The lowest BCUT2D eigenvalue weighted by Crippen LogP contribution is -2.33. The number of amides is 2. The number of phenolic OH excluding ortho intramolecular Hbond substituents is 1. The maximum atomic E-state index is 13.8. The molecule has 0 radical (unpaired) electrons. The van der Waals surface area contributed by atoms with E-state index in [0.29, 0.717) is 63.9 Å². The number of hydrogen-bond acceptors (Lipinski definition) is 10. The Morgan fingerprint density at radius 2 is 1.39 bits per heavy atom. The van der Waals surface area contributed by atoms with Crippen molar-refractivity contribution in [2.24, 2.45) is 22.4 Å². The second-order valence-corrected chi connectivity index (χ2v) is 15.5. The molecule has 0 atom stereocenters. The minimum atomic E-state index is -0.592. The molecule has 0 spiro atoms. The van der Waals surface area contributed by atoms with E-state index in [1.807, 2.05) is 53.4 Å². The Hall–Kier alpha value is -5.05. The van der Waals surface area contributed by atoms with Crippen LogP contribution in [-0.2, 0) is 17.8 Å². The van der Waals surface area contributed by atoms with Crippen molar-refractivity contribution in [3.05, 3.63) is 100 Å². The Balaban J connectivity index is 1.45. The summed E-state index contributed by atoms with van der Waals surface area (Å²) in [6.07, 6.45) is 9.73. The average molecular weight is 796 g/mol. The summed E-state index contributed by atoms with van der Waals surface area (Å²) in [5, 5.41) is 34.6. The number of carbonyl (C=O) groups is 2. The maximum Gasteiger partial charge on any atom is 0.253 e. The van der Waals surface area contributed by atoms with Crippen molar-refractivity contribution in [3.63, 3.8) is 0 Å². The van der Waals surface area contributed by atoms with Gasteiger partial charge in [0.05, 0.1) is 11.3 Å². The molecule has 0 aliphatic heterocycles. The molecule has 2 aromatic heterocycles. The van der Waals surface area contributed by atoms with E-state index in [0.717, 1.165) is 99.5 Å². The number of aromatic hydroxyl groups is 1. The minimum absolute atomic E-state index is 0.0455. The third-order valence-corrected chi connectivity index (χ3v) is 11.5. The predicted octanol–water partition coefficient (Wildman–Crippen LogP) is 7.24. The fraction of sp³-hybridized carbons (Fsp3) is 0.386. The molecule has 0 saturated heterocycles. The molecule has 2 heterocycles. The maximum absolute atomic E-state index is 13.8. The van der Waals surface area contributed by atoms with Gasteiger partial charge in [-0.05, 0) is 117 Å². The van der Waals surface area contributed by atoms with Crippen LogP contribution in [0.1, 0.15) is 90.6 Å².